The molecule has 0 atom stereocenters. The van der Waals surface area contributed by atoms with Gasteiger partial charge in [-0.15, -0.1) is 0 Å². The molecule has 0 N–H and O–H groups in total. The number of carbonyl (C=O) groups is 1. The van der Waals surface area contributed by atoms with E-state index in [1.54, 1.807) is 6.07 Å². The maximum Gasteiger partial charge on any atom is 0.344 e. The predicted molar refractivity (Wildman–Crippen MR) is 67.0 cm³/mol. The average Bonchev–Trinajstić information content (AvgIpc) is 2.50. The second-order valence-electron chi connectivity index (χ2n) is 4.18. The lowest BCUT2D eigenvalue weighted by atomic mass is 10.1. The topological polar surface area (TPSA) is 50.1 Å². The van der Waals surface area contributed by atoms with Crippen molar-refractivity contribution in [1.29, 1.82) is 5.26 Å². The molecule has 112 valence electrons. The number of hydrogen-bond donors (Lipinski definition) is 0. The lowest BCUT2D eigenvalue weighted by molar-refractivity contribution is 0.0716. The molecule has 0 aromatic heterocycles. The number of hydrogen-bond acceptors (Lipinski definition) is 3. The zero-order valence-corrected chi connectivity index (χ0v) is 10.9. The van der Waals surface area contributed by atoms with E-state index in [0.29, 0.717) is 0 Å². The molecule has 0 radical (unpaired) electrons. The van der Waals surface area contributed by atoms with Gasteiger partial charge in [-0.05, 0) is 11.6 Å². The van der Waals surface area contributed by atoms with Crippen molar-refractivity contribution in [2.75, 3.05) is 0 Å². The molecule has 0 saturated carbocycles. The maximum atomic E-state index is 13.5. The lowest BCUT2D eigenvalue weighted by Gasteiger charge is -2.09. The van der Waals surface area contributed by atoms with Crippen molar-refractivity contribution in [3.63, 3.8) is 0 Å². The highest BCUT2D eigenvalue weighted by molar-refractivity contribution is 5.92. The summed E-state index contributed by atoms with van der Waals surface area (Å²) in [6, 6.07) is 7.51. The molecule has 0 aliphatic rings. The van der Waals surface area contributed by atoms with Crippen molar-refractivity contribution in [3.8, 4) is 11.8 Å². The van der Waals surface area contributed by atoms with E-state index in [-0.39, 0.29) is 23.6 Å². The first-order chi connectivity index (χ1) is 10.5. The number of benzene rings is 2. The molecule has 0 spiro atoms. The van der Waals surface area contributed by atoms with E-state index in [0.717, 1.165) is 0 Å². The van der Waals surface area contributed by atoms with Gasteiger partial charge in [-0.3, -0.25) is 0 Å². The van der Waals surface area contributed by atoms with Crippen molar-refractivity contribution in [1.82, 2.24) is 0 Å². The minimum absolute atomic E-state index is 0.00559. The molecule has 2 aromatic carbocycles. The second kappa shape index (κ2) is 6.26. The van der Waals surface area contributed by atoms with E-state index in [1.165, 1.54) is 18.2 Å². The van der Waals surface area contributed by atoms with Gasteiger partial charge in [-0.25, -0.2) is 13.6 Å². The van der Waals surface area contributed by atoms with E-state index < -0.39 is 35.0 Å². The Morgan fingerprint density at radius 1 is 1.09 bits per heavy atom. The second-order valence-corrected chi connectivity index (χ2v) is 4.18. The van der Waals surface area contributed by atoms with Crippen LogP contribution in [-0.2, 0) is 6.42 Å². The van der Waals surface area contributed by atoms with Crippen LogP contribution in [0.4, 0.5) is 17.6 Å². The molecule has 0 heterocycles. The average molecular weight is 309 g/mol. The highest BCUT2D eigenvalue weighted by Crippen LogP contribution is 2.27. The molecule has 7 heteroatoms. The monoisotopic (exact) mass is 309 g/mol. The first-order valence-corrected chi connectivity index (χ1v) is 5.95. The zero-order chi connectivity index (χ0) is 16.3. The fraction of sp³-hybridized carbons (Fsp3) is 0.0667. The summed E-state index contributed by atoms with van der Waals surface area (Å²) in [6.07, 6.45) is -0.145. The van der Waals surface area contributed by atoms with Crippen molar-refractivity contribution >= 4 is 5.97 Å². The van der Waals surface area contributed by atoms with E-state index in [9.17, 15) is 22.4 Å². The molecule has 0 bridgehead atoms. The van der Waals surface area contributed by atoms with Gasteiger partial charge < -0.3 is 4.74 Å². The molecule has 2 rings (SSSR count). The lowest BCUT2D eigenvalue weighted by Crippen LogP contribution is -2.14. The highest BCUT2D eigenvalue weighted by Gasteiger charge is 2.24. The standard InChI is InChI=1S/C15H7F4NO2/c16-10-7-11(17)13(19)14(12(10)18)22-15(21)9-4-2-1-3-8(9)5-6-20/h1-4,7H,5H2. The number of nitrogens with zero attached hydrogens (tertiary/aromatic N) is 1. The van der Waals surface area contributed by atoms with Gasteiger partial charge >= 0.3 is 5.97 Å². The summed E-state index contributed by atoms with van der Waals surface area (Å²) in [5.74, 6) is -9.70. The third-order valence-electron chi connectivity index (χ3n) is 2.77. The van der Waals surface area contributed by atoms with Crippen LogP contribution in [0.15, 0.2) is 30.3 Å². The Hall–Kier alpha value is -2.88. The van der Waals surface area contributed by atoms with Gasteiger partial charge in [0, 0.05) is 6.07 Å². The molecule has 0 fully saturated rings. The SMILES string of the molecule is N#CCc1ccccc1C(=O)Oc1c(F)c(F)cc(F)c1F. The van der Waals surface area contributed by atoms with Crippen molar-refractivity contribution in [3.05, 3.63) is 64.7 Å². The predicted octanol–water partition coefficient (Wildman–Crippen LogP) is 3.53. The first kappa shape index (κ1) is 15.5. The summed E-state index contributed by atoms with van der Waals surface area (Å²) in [6.45, 7) is 0. The molecule has 0 aliphatic heterocycles. The number of esters is 1. The number of nitriles is 1. The summed E-state index contributed by atoms with van der Waals surface area (Å²) >= 11 is 0. The van der Waals surface area contributed by atoms with Gasteiger partial charge in [-0.1, -0.05) is 18.2 Å². The van der Waals surface area contributed by atoms with E-state index in [1.807, 2.05) is 6.07 Å². The first-order valence-electron chi connectivity index (χ1n) is 5.95. The summed E-state index contributed by atoms with van der Waals surface area (Å²) in [7, 11) is 0. The van der Waals surface area contributed by atoms with Crippen LogP contribution in [0.2, 0.25) is 0 Å². The van der Waals surface area contributed by atoms with Gasteiger partial charge in [-0.2, -0.15) is 14.0 Å². The van der Waals surface area contributed by atoms with Crippen molar-refractivity contribution in [2.45, 2.75) is 6.42 Å². The zero-order valence-electron chi connectivity index (χ0n) is 10.9. The normalized spacial score (nSPS) is 10.1. The van der Waals surface area contributed by atoms with Crippen molar-refractivity contribution in [2.24, 2.45) is 0 Å². The third-order valence-corrected chi connectivity index (χ3v) is 2.77. The minimum Gasteiger partial charge on any atom is -0.416 e. The quantitative estimate of drug-likeness (QED) is 0.377. The molecular weight excluding hydrogens is 302 g/mol. The van der Waals surface area contributed by atoms with Gasteiger partial charge in [0.05, 0.1) is 18.1 Å². The van der Waals surface area contributed by atoms with Crippen LogP contribution < -0.4 is 4.74 Å². The van der Waals surface area contributed by atoms with Crippen LogP contribution in [0.5, 0.6) is 5.75 Å². The Morgan fingerprint density at radius 3 is 2.27 bits per heavy atom. The Bertz CT molecular complexity index is 758. The fourth-order valence-electron chi connectivity index (χ4n) is 1.75. The Morgan fingerprint density at radius 2 is 1.68 bits per heavy atom. The van der Waals surface area contributed by atoms with Gasteiger partial charge in [0.1, 0.15) is 0 Å². The van der Waals surface area contributed by atoms with Crippen LogP contribution in [0.25, 0.3) is 0 Å². The Labute approximate surface area is 122 Å². The van der Waals surface area contributed by atoms with E-state index in [2.05, 4.69) is 4.74 Å². The molecule has 0 saturated heterocycles. The fourth-order valence-corrected chi connectivity index (χ4v) is 1.75. The third kappa shape index (κ3) is 2.91. The number of ether oxygens (including phenoxy) is 1. The molecule has 22 heavy (non-hydrogen) atoms. The summed E-state index contributed by atoms with van der Waals surface area (Å²) < 4.78 is 57.5. The van der Waals surface area contributed by atoms with Crippen LogP contribution in [-0.4, -0.2) is 5.97 Å². The smallest absolute Gasteiger partial charge is 0.344 e. The molecule has 0 amide bonds. The maximum absolute atomic E-state index is 13.5. The molecular formula is C15H7F4NO2. The Balaban J connectivity index is 2.41. The molecule has 0 unspecified atom stereocenters. The highest BCUT2D eigenvalue weighted by atomic mass is 19.2. The minimum atomic E-state index is -1.81. The number of carbonyl (C=O) groups excluding carboxylic acids is 1. The van der Waals surface area contributed by atoms with E-state index >= 15 is 0 Å². The number of halogens is 4. The van der Waals surface area contributed by atoms with Gasteiger partial charge in [0.25, 0.3) is 0 Å². The van der Waals surface area contributed by atoms with Gasteiger partial charge in [0.2, 0.25) is 17.4 Å². The summed E-state index contributed by atoms with van der Waals surface area (Å²) in [5, 5.41) is 8.66. The Kier molecular flexibility index (Phi) is 4.41. The van der Waals surface area contributed by atoms with Gasteiger partial charge in [0.15, 0.2) is 11.6 Å². The summed E-state index contributed by atoms with van der Waals surface area (Å²) in [4.78, 5) is 11.9. The van der Waals surface area contributed by atoms with Crippen LogP contribution in [0, 0.1) is 34.6 Å². The number of rotatable bonds is 3. The molecule has 2 aromatic rings. The van der Waals surface area contributed by atoms with Crippen LogP contribution in [0.1, 0.15) is 15.9 Å². The van der Waals surface area contributed by atoms with E-state index in [4.69, 9.17) is 5.26 Å². The largest absolute Gasteiger partial charge is 0.416 e. The molecule has 3 nitrogen and oxygen atoms in total. The summed E-state index contributed by atoms with van der Waals surface area (Å²) in [5.41, 5.74) is 0.125. The molecule has 0 aliphatic carbocycles. The van der Waals surface area contributed by atoms with Crippen LogP contribution in [0.3, 0.4) is 0 Å². The van der Waals surface area contributed by atoms with Crippen molar-refractivity contribution < 1.29 is 27.1 Å². The van der Waals surface area contributed by atoms with Crippen LogP contribution >= 0.6 is 0 Å².